The number of aliphatic hydroxyl groups excluding tert-OH is 1. The van der Waals surface area contributed by atoms with E-state index in [0.29, 0.717) is 6.61 Å². The molecule has 1 rings (SSSR count). The van der Waals surface area contributed by atoms with Crippen molar-refractivity contribution in [1.82, 2.24) is 10.2 Å². The Morgan fingerprint density at radius 1 is 1.22 bits per heavy atom. The summed E-state index contributed by atoms with van der Waals surface area (Å²) < 4.78 is 0. The van der Waals surface area contributed by atoms with Gasteiger partial charge in [0.2, 0.25) is 0 Å². The van der Waals surface area contributed by atoms with Crippen molar-refractivity contribution in [3.8, 4) is 0 Å². The molecular formula is C15H32N2O. The van der Waals surface area contributed by atoms with Crippen LogP contribution >= 0.6 is 0 Å². The second-order valence-corrected chi connectivity index (χ2v) is 5.65. The Hall–Kier alpha value is -0.120. The highest BCUT2D eigenvalue weighted by molar-refractivity contribution is 4.74. The lowest BCUT2D eigenvalue weighted by Gasteiger charge is -2.32. The molecule has 3 nitrogen and oxygen atoms in total. The van der Waals surface area contributed by atoms with Gasteiger partial charge in [-0.3, -0.25) is 0 Å². The second kappa shape index (κ2) is 10.8. The van der Waals surface area contributed by atoms with Crippen LogP contribution in [0, 0.1) is 5.92 Å². The lowest BCUT2D eigenvalue weighted by Crippen LogP contribution is -2.40. The lowest BCUT2D eigenvalue weighted by molar-refractivity contribution is 0.169. The zero-order valence-corrected chi connectivity index (χ0v) is 12.2. The molecule has 0 spiro atoms. The molecule has 1 aliphatic rings. The predicted molar refractivity (Wildman–Crippen MR) is 77.9 cm³/mol. The third-order valence-corrected chi connectivity index (χ3v) is 3.85. The largest absolute Gasteiger partial charge is 0.396 e. The van der Waals surface area contributed by atoms with Gasteiger partial charge < -0.3 is 15.3 Å². The van der Waals surface area contributed by atoms with E-state index >= 15 is 0 Å². The van der Waals surface area contributed by atoms with E-state index in [1.165, 1.54) is 64.7 Å². The van der Waals surface area contributed by atoms with Crippen molar-refractivity contribution in [3.63, 3.8) is 0 Å². The molecule has 0 aromatic carbocycles. The number of hydrogen-bond acceptors (Lipinski definition) is 3. The number of piperidine rings is 1. The van der Waals surface area contributed by atoms with Crippen LogP contribution in [0.15, 0.2) is 0 Å². The molecule has 0 aliphatic carbocycles. The molecule has 0 bridgehead atoms. The van der Waals surface area contributed by atoms with Crippen LogP contribution in [0.5, 0.6) is 0 Å². The second-order valence-electron chi connectivity index (χ2n) is 5.65. The molecule has 1 atom stereocenters. The van der Waals surface area contributed by atoms with Gasteiger partial charge in [-0.2, -0.15) is 0 Å². The van der Waals surface area contributed by atoms with E-state index in [-0.39, 0.29) is 0 Å². The average molecular weight is 256 g/mol. The van der Waals surface area contributed by atoms with Crippen LogP contribution in [-0.4, -0.2) is 49.3 Å². The van der Waals surface area contributed by atoms with Crippen molar-refractivity contribution in [2.24, 2.45) is 5.92 Å². The van der Waals surface area contributed by atoms with E-state index in [1.807, 2.05) is 0 Å². The van der Waals surface area contributed by atoms with Gasteiger partial charge in [0.15, 0.2) is 0 Å². The van der Waals surface area contributed by atoms with Crippen LogP contribution in [-0.2, 0) is 0 Å². The lowest BCUT2D eigenvalue weighted by atomic mass is 9.97. The molecule has 18 heavy (non-hydrogen) atoms. The van der Waals surface area contributed by atoms with Crippen LogP contribution in [0.2, 0.25) is 0 Å². The van der Waals surface area contributed by atoms with Gasteiger partial charge in [0.25, 0.3) is 0 Å². The first-order valence-corrected chi connectivity index (χ1v) is 7.90. The fourth-order valence-electron chi connectivity index (χ4n) is 2.80. The SMILES string of the molecule is CCCNCC1CCCN(CCCCCCO)C1. The Labute approximate surface area is 113 Å². The number of rotatable bonds is 10. The van der Waals surface area contributed by atoms with Crippen molar-refractivity contribution >= 4 is 0 Å². The van der Waals surface area contributed by atoms with E-state index in [4.69, 9.17) is 5.11 Å². The number of hydrogen-bond donors (Lipinski definition) is 2. The van der Waals surface area contributed by atoms with Crippen molar-refractivity contribution < 1.29 is 5.11 Å². The van der Waals surface area contributed by atoms with E-state index in [2.05, 4.69) is 17.1 Å². The van der Waals surface area contributed by atoms with Crippen LogP contribution in [0.4, 0.5) is 0 Å². The van der Waals surface area contributed by atoms with Gasteiger partial charge in [0.1, 0.15) is 0 Å². The number of nitrogens with zero attached hydrogens (tertiary/aromatic N) is 1. The molecule has 1 aliphatic heterocycles. The van der Waals surface area contributed by atoms with Gasteiger partial charge in [0, 0.05) is 13.2 Å². The first-order valence-electron chi connectivity index (χ1n) is 7.90. The normalized spacial score (nSPS) is 21.3. The zero-order chi connectivity index (χ0) is 13.1. The summed E-state index contributed by atoms with van der Waals surface area (Å²) in [4.78, 5) is 2.64. The Balaban J connectivity index is 2.03. The van der Waals surface area contributed by atoms with Gasteiger partial charge >= 0.3 is 0 Å². The van der Waals surface area contributed by atoms with Gasteiger partial charge in [-0.1, -0.05) is 19.8 Å². The zero-order valence-electron chi connectivity index (χ0n) is 12.2. The van der Waals surface area contributed by atoms with Crippen LogP contribution < -0.4 is 5.32 Å². The topological polar surface area (TPSA) is 35.5 Å². The van der Waals surface area contributed by atoms with Crippen LogP contribution in [0.25, 0.3) is 0 Å². The number of nitrogens with one attached hydrogen (secondary N) is 1. The predicted octanol–water partition coefficient (Wildman–Crippen LogP) is 2.25. The molecule has 0 radical (unpaired) electrons. The monoisotopic (exact) mass is 256 g/mol. The molecule has 2 N–H and O–H groups in total. The van der Waals surface area contributed by atoms with Gasteiger partial charge in [-0.15, -0.1) is 0 Å². The molecule has 0 aromatic heterocycles. The van der Waals surface area contributed by atoms with Gasteiger partial charge in [-0.25, -0.2) is 0 Å². The molecule has 1 unspecified atom stereocenters. The molecule has 0 amide bonds. The third kappa shape index (κ3) is 7.34. The van der Waals surface area contributed by atoms with E-state index in [9.17, 15) is 0 Å². The molecule has 1 heterocycles. The highest BCUT2D eigenvalue weighted by Gasteiger charge is 2.18. The summed E-state index contributed by atoms with van der Waals surface area (Å²) in [5, 5.41) is 12.3. The van der Waals surface area contributed by atoms with Gasteiger partial charge in [0.05, 0.1) is 0 Å². The number of unbranched alkanes of at least 4 members (excludes halogenated alkanes) is 3. The summed E-state index contributed by atoms with van der Waals surface area (Å²) in [6.07, 6.45) is 8.74. The van der Waals surface area contributed by atoms with Gasteiger partial charge in [-0.05, 0) is 64.2 Å². The summed E-state index contributed by atoms with van der Waals surface area (Å²) in [7, 11) is 0. The number of aliphatic hydroxyl groups is 1. The first-order chi connectivity index (χ1) is 8.86. The van der Waals surface area contributed by atoms with E-state index < -0.39 is 0 Å². The summed E-state index contributed by atoms with van der Waals surface area (Å²) in [5.41, 5.74) is 0. The quantitative estimate of drug-likeness (QED) is 0.589. The maximum absolute atomic E-state index is 8.73. The molecule has 1 saturated heterocycles. The summed E-state index contributed by atoms with van der Waals surface area (Å²) in [6.45, 7) is 8.80. The molecule has 1 fully saturated rings. The minimum atomic E-state index is 0.356. The minimum absolute atomic E-state index is 0.356. The Morgan fingerprint density at radius 3 is 2.83 bits per heavy atom. The van der Waals surface area contributed by atoms with E-state index in [1.54, 1.807) is 0 Å². The Bertz CT molecular complexity index is 187. The maximum Gasteiger partial charge on any atom is 0.0431 e. The van der Waals surface area contributed by atoms with Crippen LogP contribution in [0.3, 0.4) is 0 Å². The molecule has 3 heteroatoms. The highest BCUT2D eigenvalue weighted by Crippen LogP contribution is 2.16. The maximum atomic E-state index is 8.73. The highest BCUT2D eigenvalue weighted by atomic mass is 16.2. The molecule has 0 saturated carbocycles. The smallest absolute Gasteiger partial charge is 0.0431 e. The first kappa shape index (κ1) is 15.9. The fourth-order valence-corrected chi connectivity index (χ4v) is 2.80. The van der Waals surface area contributed by atoms with Crippen molar-refractivity contribution in [3.05, 3.63) is 0 Å². The number of likely N-dealkylation sites (tertiary alicyclic amines) is 1. The third-order valence-electron chi connectivity index (χ3n) is 3.85. The molecule has 0 aromatic rings. The Kier molecular flexibility index (Phi) is 9.54. The average Bonchev–Trinajstić information content (AvgIpc) is 2.39. The van der Waals surface area contributed by atoms with Crippen molar-refractivity contribution in [2.45, 2.75) is 51.9 Å². The van der Waals surface area contributed by atoms with Crippen molar-refractivity contribution in [2.75, 3.05) is 39.3 Å². The Morgan fingerprint density at radius 2 is 2.06 bits per heavy atom. The summed E-state index contributed by atoms with van der Waals surface area (Å²) >= 11 is 0. The molecular weight excluding hydrogens is 224 g/mol. The molecule has 108 valence electrons. The summed E-state index contributed by atoms with van der Waals surface area (Å²) in [6, 6.07) is 0. The van der Waals surface area contributed by atoms with E-state index in [0.717, 1.165) is 18.9 Å². The van der Waals surface area contributed by atoms with Crippen molar-refractivity contribution in [1.29, 1.82) is 0 Å². The summed E-state index contributed by atoms with van der Waals surface area (Å²) in [5.74, 6) is 0.864. The fraction of sp³-hybridized carbons (Fsp3) is 1.00. The van der Waals surface area contributed by atoms with Crippen LogP contribution in [0.1, 0.15) is 51.9 Å². The minimum Gasteiger partial charge on any atom is -0.396 e. The standard InChI is InChI=1S/C15H32N2O/c1-2-9-16-13-15-8-7-11-17(14-15)10-5-3-4-6-12-18/h15-16,18H,2-14H2,1H3.